The molecule has 0 saturated carbocycles. The molecule has 4 aromatic rings. The van der Waals surface area contributed by atoms with Crippen LogP contribution < -0.4 is 10.6 Å². The molecular weight excluding hydrogens is 510 g/mol. The molecule has 0 aliphatic carbocycles. The molecule has 0 spiro atoms. The zero-order valence-corrected chi connectivity index (χ0v) is 21.2. The van der Waals surface area contributed by atoms with Crippen LogP contribution in [0.1, 0.15) is 18.1 Å². The van der Waals surface area contributed by atoms with Gasteiger partial charge in [0.25, 0.3) is 0 Å². The number of esters is 1. The van der Waals surface area contributed by atoms with Crippen molar-refractivity contribution in [2.24, 2.45) is 0 Å². The number of anilines is 1. The van der Waals surface area contributed by atoms with Crippen molar-refractivity contribution in [3.63, 3.8) is 0 Å². The van der Waals surface area contributed by atoms with Gasteiger partial charge in [0.1, 0.15) is 0 Å². The number of benzene rings is 2. The van der Waals surface area contributed by atoms with Crippen LogP contribution in [-0.4, -0.2) is 37.3 Å². The van der Waals surface area contributed by atoms with Crippen molar-refractivity contribution in [1.29, 1.82) is 0 Å². The first-order valence-electron chi connectivity index (χ1n) is 10.5. The van der Waals surface area contributed by atoms with E-state index in [0.29, 0.717) is 18.2 Å². The molecule has 0 radical (unpaired) electrons. The number of ether oxygens (including phenoxy) is 1. The SMILES string of the molecule is CCOC(=O)Cc1cn(Cc2csc3c(NCCNC)cc(Cl)cc23)c2cc(Br)ccc12. The predicted molar refractivity (Wildman–Crippen MR) is 138 cm³/mol. The minimum Gasteiger partial charge on any atom is -0.466 e. The van der Waals surface area contributed by atoms with E-state index in [1.54, 1.807) is 11.3 Å². The van der Waals surface area contributed by atoms with Gasteiger partial charge in [0.05, 0.1) is 23.4 Å². The van der Waals surface area contributed by atoms with Gasteiger partial charge in [0.15, 0.2) is 0 Å². The van der Waals surface area contributed by atoms with Crippen LogP contribution in [0.3, 0.4) is 0 Å². The molecule has 0 unspecified atom stereocenters. The van der Waals surface area contributed by atoms with Crippen molar-refractivity contribution < 1.29 is 9.53 Å². The normalized spacial score (nSPS) is 11.4. The van der Waals surface area contributed by atoms with Crippen LogP contribution in [-0.2, 0) is 22.5 Å². The van der Waals surface area contributed by atoms with Crippen LogP contribution in [0.2, 0.25) is 5.02 Å². The van der Waals surface area contributed by atoms with Gasteiger partial charge in [0, 0.05) is 51.6 Å². The lowest BCUT2D eigenvalue weighted by Gasteiger charge is -2.09. The Morgan fingerprint density at radius 3 is 2.81 bits per heavy atom. The first-order chi connectivity index (χ1) is 15.5. The second kappa shape index (κ2) is 10.3. The summed E-state index contributed by atoms with van der Waals surface area (Å²) in [5.41, 5.74) is 4.30. The Bertz CT molecular complexity index is 1270. The van der Waals surface area contributed by atoms with E-state index in [1.807, 2.05) is 32.2 Å². The van der Waals surface area contributed by atoms with E-state index in [1.165, 1.54) is 10.3 Å². The maximum Gasteiger partial charge on any atom is 0.310 e. The average Bonchev–Trinajstić information content (AvgIpc) is 3.30. The minimum absolute atomic E-state index is 0.209. The van der Waals surface area contributed by atoms with Crippen LogP contribution in [0.5, 0.6) is 0 Å². The summed E-state index contributed by atoms with van der Waals surface area (Å²) in [6, 6.07) is 10.2. The number of hydrogen-bond acceptors (Lipinski definition) is 5. The van der Waals surface area contributed by atoms with E-state index in [-0.39, 0.29) is 12.4 Å². The van der Waals surface area contributed by atoms with Gasteiger partial charge in [-0.3, -0.25) is 4.79 Å². The predicted octanol–water partition coefficient (Wildman–Crippen LogP) is 6.06. The third-order valence-corrected chi connectivity index (χ3v) is 7.11. The lowest BCUT2D eigenvalue weighted by molar-refractivity contribution is -0.142. The fourth-order valence-electron chi connectivity index (χ4n) is 3.89. The quantitative estimate of drug-likeness (QED) is 0.203. The molecule has 0 aliphatic rings. The van der Waals surface area contributed by atoms with Crippen LogP contribution in [0.25, 0.3) is 21.0 Å². The number of nitrogens with zero attached hydrogens (tertiary/aromatic N) is 1. The van der Waals surface area contributed by atoms with Crippen LogP contribution in [0.4, 0.5) is 5.69 Å². The Balaban J connectivity index is 1.71. The number of carbonyl (C=O) groups is 1. The number of fused-ring (bicyclic) bond motifs is 2. The van der Waals surface area contributed by atoms with E-state index in [2.05, 4.69) is 54.8 Å². The van der Waals surface area contributed by atoms with E-state index in [4.69, 9.17) is 16.3 Å². The van der Waals surface area contributed by atoms with Gasteiger partial charge < -0.3 is 19.9 Å². The zero-order chi connectivity index (χ0) is 22.7. The van der Waals surface area contributed by atoms with E-state index in [0.717, 1.165) is 45.1 Å². The maximum atomic E-state index is 12.1. The molecule has 168 valence electrons. The van der Waals surface area contributed by atoms with Gasteiger partial charge in [0.2, 0.25) is 0 Å². The molecule has 0 aliphatic heterocycles. The molecule has 0 atom stereocenters. The zero-order valence-electron chi connectivity index (χ0n) is 18.0. The van der Waals surface area contributed by atoms with Crippen molar-refractivity contribution in [3.05, 3.63) is 62.5 Å². The summed E-state index contributed by atoms with van der Waals surface area (Å²) >= 11 is 11.8. The number of thiophene rings is 1. The van der Waals surface area contributed by atoms with Crippen molar-refractivity contribution in [1.82, 2.24) is 9.88 Å². The fourth-order valence-corrected chi connectivity index (χ4v) is 5.50. The number of rotatable bonds is 9. The summed E-state index contributed by atoms with van der Waals surface area (Å²) in [6.07, 6.45) is 2.32. The molecule has 2 heterocycles. The fraction of sp³-hybridized carbons (Fsp3) is 0.292. The van der Waals surface area contributed by atoms with Crippen LogP contribution in [0, 0.1) is 0 Å². The number of aromatic nitrogens is 1. The molecule has 8 heteroatoms. The second-order valence-electron chi connectivity index (χ2n) is 7.55. The van der Waals surface area contributed by atoms with Gasteiger partial charge in [-0.25, -0.2) is 0 Å². The summed E-state index contributed by atoms with van der Waals surface area (Å²) in [7, 11) is 1.94. The van der Waals surface area contributed by atoms with E-state index >= 15 is 0 Å². The van der Waals surface area contributed by atoms with Crippen molar-refractivity contribution in [2.75, 3.05) is 32.1 Å². The highest BCUT2D eigenvalue weighted by molar-refractivity contribution is 9.10. The number of nitrogens with one attached hydrogen (secondary N) is 2. The monoisotopic (exact) mass is 533 g/mol. The number of likely N-dealkylation sites (N-methyl/N-ethyl adjacent to an activating group) is 1. The Morgan fingerprint density at radius 2 is 2.03 bits per heavy atom. The van der Waals surface area contributed by atoms with Gasteiger partial charge >= 0.3 is 5.97 Å². The Kier molecular flexibility index (Phi) is 7.40. The topological polar surface area (TPSA) is 55.3 Å². The van der Waals surface area contributed by atoms with E-state index in [9.17, 15) is 4.79 Å². The molecule has 32 heavy (non-hydrogen) atoms. The molecule has 0 amide bonds. The van der Waals surface area contributed by atoms with E-state index < -0.39 is 0 Å². The maximum absolute atomic E-state index is 12.1. The highest BCUT2D eigenvalue weighted by Crippen LogP contribution is 2.36. The van der Waals surface area contributed by atoms with Gasteiger partial charge in [-0.15, -0.1) is 11.3 Å². The minimum atomic E-state index is -0.209. The first kappa shape index (κ1) is 23.1. The molecule has 5 nitrogen and oxygen atoms in total. The smallest absolute Gasteiger partial charge is 0.310 e. The third-order valence-electron chi connectivity index (χ3n) is 5.32. The highest BCUT2D eigenvalue weighted by atomic mass is 79.9. The Hall–Kier alpha value is -2.06. The Labute approximate surface area is 204 Å². The summed E-state index contributed by atoms with van der Waals surface area (Å²) in [4.78, 5) is 12.1. The molecular formula is C24H25BrClN3O2S. The van der Waals surface area contributed by atoms with Crippen molar-refractivity contribution >= 4 is 71.5 Å². The van der Waals surface area contributed by atoms with Crippen molar-refractivity contribution in [2.45, 2.75) is 19.9 Å². The second-order valence-corrected chi connectivity index (χ2v) is 9.78. The third kappa shape index (κ3) is 4.96. The molecule has 2 N–H and O–H groups in total. The van der Waals surface area contributed by atoms with Gasteiger partial charge in [-0.2, -0.15) is 0 Å². The number of carbonyl (C=O) groups excluding carboxylic acids is 1. The van der Waals surface area contributed by atoms with Crippen molar-refractivity contribution in [3.8, 4) is 0 Å². The summed E-state index contributed by atoms with van der Waals surface area (Å²) in [5, 5.41) is 11.8. The summed E-state index contributed by atoms with van der Waals surface area (Å²) in [5.74, 6) is -0.209. The van der Waals surface area contributed by atoms with Crippen LogP contribution in [0.15, 0.2) is 46.4 Å². The first-order valence-corrected chi connectivity index (χ1v) is 12.6. The summed E-state index contributed by atoms with van der Waals surface area (Å²) < 4.78 is 9.58. The average molecular weight is 535 g/mol. The standard InChI is InChI=1S/C24H25BrClN3O2S/c1-3-31-23(30)8-15-12-29(22-9-17(25)4-5-19(15)22)13-16-14-32-24-20(16)10-18(26)11-21(24)28-7-6-27-2/h4-5,9-12,14,27-28H,3,6-8,13H2,1-2H3. The number of halogens is 2. The molecule has 0 saturated heterocycles. The molecule has 2 aromatic heterocycles. The van der Waals surface area contributed by atoms with Crippen LogP contribution >= 0.6 is 38.9 Å². The van der Waals surface area contributed by atoms with Gasteiger partial charge in [-0.05, 0) is 54.7 Å². The molecule has 0 fully saturated rings. The summed E-state index contributed by atoms with van der Waals surface area (Å²) in [6.45, 7) is 4.60. The van der Waals surface area contributed by atoms with Gasteiger partial charge in [-0.1, -0.05) is 33.6 Å². The largest absolute Gasteiger partial charge is 0.466 e. The molecule has 2 aromatic carbocycles. The lowest BCUT2D eigenvalue weighted by atomic mass is 10.1. The highest BCUT2D eigenvalue weighted by Gasteiger charge is 2.16. The Morgan fingerprint density at radius 1 is 1.19 bits per heavy atom. The molecule has 4 rings (SSSR count). The lowest BCUT2D eigenvalue weighted by Crippen LogP contribution is -2.17. The molecule has 0 bridgehead atoms. The number of hydrogen-bond donors (Lipinski definition) is 2.